The van der Waals surface area contributed by atoms with Crippen LogP contribution in [-0.4, -0.2) is 18.8 Å². The van der Waals surface area contributed by atoms with E-state index in [0.29, 0.717) is 14.9 Å². The third-order valence-electron chi connectivity index (χ3n) is 3.64. The number of hydrogen-bond donors (Lipinski definition) is 0. The van der Waals surface area contributed by atoms with Crippen LogP contribution in [-0.2, 0) is 4.43 Å². The van der Waals surface area contributed by atoms with Crippen molar-refractivity contribution in [2.24, 2.45) is 5.92 Å². The molecule has 1 unspecified atom stereocenters. The molecule has 0 fully saturated rings. The molecule has 1 nitrogen and oxygen atoms in total. The maximum Gasteiger partial charge on any atom is 0.191 e. The van der Waals surface area contributed by atoms with Gasteiger partial charge < -0.3 is 4.43 Å². The Morgan fingerprint density at radius 3 is 2.00 bits per heavy atom. The van der Waals surface area contributed by atoms with Gasteiger partial charge in [-0.1, -0.05) is 63.6 Å². The summed E-state index contributed by atoms with van der Waals surface area (Å²) in [5, 5.41) is 0.333. The minimum absolute atomic E-state index is 0.333. The van der Waals surface area contributed by atoms with Crippen molar-refractivity contribution in [3.05, 3.63) is 0 Å². The second-order valence-electron chi connectivity index (χ2n) is 5.92. The van der Waals surface area contributed by atoms with E-state index in [1.165, 1.54) is 6.42 Å². The molecule has 2 atom stereocenters. The summed E-state index contributed by atoms with van der Waals surface area (Å²) in [6.07, 6.45) is 1.22. The van der Waals surface area contributed by atoms with Crippen LogP contribution in [0.25, 0.3) is 0 Å². The Balaban J connectivity index is 4.25. The van der Waals surface area contributed by atoms with Crippen molar-refractivity contribution in [3.8, 4) is 0 Å². The minimum Gasteiger partial charge on any atom is -0.417 e. The van der Waals surface area contributed by atoms with Crippen molar-refractivity contribution >= 4 is 30.9 Å². The van der Waals surface area contributed by atoms with Crippen LogP contribution >= 0.6 is 22.6 Å². The molecule has 0 aromatic carbocycles. The van der Waals surface area contributed by atoms with Crippen molar-refractivity contribution in [1.82, 2.24) is 0 Å². The first-order valence-electron chi connectivity index (χ1n) is 5.90. The van der Waals surface area contributed by atoms with Gasteiger partial charge in [0.1, 0.15) is 0 Å². The quantitative estimate of drug-likeness (QED) is 0.394. The molecule has 15 heavy (non-hydrogen) atoms. The molecule has 0 N–H and O–H groups in total. The fraction of sp³-hybridized carbons (Fsp3) is 1.00. The summed E-state index contributed by atoms with van der Waals surface area (Å²) in [4.78, 5) is 0. The zero-order valence-electron chi connectivity index (χ0n) is 11.4. The minimum atomic E-state index is -1.53. The van der Waals surface area contributed by atoms with Gasteiger partial charge in [-0.2, -0.15) is 0 Å². The number of hydrogen-bond acceptors (Lipinski definition) is 1. The number of halogens is 1. The molecule has 0 radical (unpaired) electrons. The van der Waals surface area contributed by atoms with Crippen molar-refractivity contribution in [3.63, 3.8) is 0 Å². The molecule has 0 aliphatic rings. The SMILES string of the molecule is CCC(CO[Si](C)(C)C(C)(C)C)[C@@H](C)I. The lowest BCUT2D eigenvalue weighted by atomic mass is 10.1. The van der Waals surface area contributed by atoms with Crippen molar-refractivity contribution in [2.45, 2.75) is 63.1 Å². The fourth-order valence-corrected chi connectivity index (χ4v) is 2.89. The van der Waals surface area contributed by atoms with Crippen LogP contribution in [0.5, 0.6) is 0 Å². The molecule has 0 saturated heterocycles. The molecular weight excluding hydrogens is 315 g/mol. The lowest BCUT2D eigenvalue weighted by Crippen LogP contribution is -2.42. The summed E-state index contributed by atoms with van der Waals surface area (Å²) in [7, 11) is -1.53. The summed E-state index contributed by atoms with van der Waals surface area (Å²) in [6.45, 7) is 17.0. The lowest BCUT2D eigenvalue weighted by molar-refractivity contribution is 0.226. The molecule has 0 amide bonds. The maximum absolute atomic E-state index is 6.24. The Morgan fingerprint density at radius 2 is 1.73 bits per heavy atom. The van der Waals surface area contributed by atoms with Crippen molar-refractivity contribution in [1.29, 1.82) is 0 Å². The van der Waals surface area contributed by atoms with E-state index in [9.17, 15) is 0 Å². The molecule has 0 bridgehead atoms. The Hall–Kier alpha value is 0.907. The van der Waals surface area contributed by atoms with Gasteiger partial charge in [0.15, 0.2) is 8.32 Å². The summed E-state index contributed by atoms with van der Waals surface area (Å²) in [5.74, 6) is 0.708. The van der Waals surface area contributed by atoms with Gasteiger partial charge in [-0.25, -0.2) is 0 Å². The van der Waals surface area contributed by atoms with Crippen LogP contribution in [0, 0.1) is 5.92 Å². The highest BCUT2D eigenvalue weighted by Crippen LogP contribution is 2.37. The topological polar surface area (TPSA) is 9.23 Å². The highest BCUT2D eigenvalue weighted by Gasteiger charge is 2.37. The molecule has 0 heterocycles. The van der Waals surface area contributed by atoms with Gasteiger partial charge in [0, 0.05) is 10.5 Å². The van der Waals surface area contributed by atoms with E-state index in [1.807, 2.05) is 0 Å². The highest BCUT2D eigenvalue weighted by molar-refractivity contribution is 14.1. The molecule has 0 aromatic heterocycles. The first kappa shape index (κ1) is 15.9. The smallest absolute Gasteiger partial charge is 0.191 e. The molecular formula is C12H27IOSi. The number of rotatable bonds is 5. The molecule has 0 spiro atoms. The first-order valence-corrected chi connectivity index (χ1v) is 10.0. The first-order chi connectivity index (χ1) is 6.62. The predicted molar refractivity (Wildman–Crippen MR) is 80.4 cm³/mol. The van der Waals surface area contributed by atoms with E-state index in [2.05, 4.69) is 70.3 Å². The Morgan fingerprint density at radius 1 is 1.27 bits per heavy atom. The van der Waals surface area contributed by atoms with E-state index >= 15 is 0 Å². The van der Waals surface area contributed by atoms with Crippen LogP contribution in [0.15, 0.2) is 0 Å². The second-order valence-corrected chi connectivity index (χ2v) is 12.7. The molecule has 92 valence electrons. The summed E-state index contributed by atoms with van der Waals surface area (Å²) in [6, 6.07) is 0. The van der Waals surface area contributed by atoms with Gasteiger partial charge in [-0.15, -0.1) is 0 Å². The van der Waals surface area contributed by atoms with Gasteiger partial charge in [0.25, 0.3) is 0 Å². The highest BCUT2D eigenvalue weighted by atomic mass is 127. The van der Waals surface area contributed by atoms with Crippen LogP contribution in [0.1, 0.15) is 41.0 Å². The van der Waals surface area contributed by atoms with Gasteiger partial charge in [0.05, 0.1) is 0 Å². The van der Waals surface area contributed by atoms with Gasteiger partial charge in [-0.3, -0.25) is 0 Å². The normalized spacial score (nSPS) is 17.6. The molecule has 0 aliphatic carbocycles. The van der Waals surface area contributed by atoms with E-state index in [0.717, 1.165) is 6.61 Å². The summed E-state index contributed by atoms with van der Waals surface area (Å²) < 4.78 is 6.95. The van der Waals surface area contributed by atoms with Crippen LogP contribution in [0.2, 0.25) is 18.1 Å². The molecule has 0 rings (SSSR count). The van der Waals surface area contributed by atoms with Crippen molar-refractivity contribution in [2.75, 3.05) is 6.61 Å². The third kappa shape index (κ3) is 5.17. The second kappa shape index (κ2) is 6.01. The zero-order valence-corrected chi connectivity index (χ0v) is 14.5. The summed E-state index contributed by atoms with van der Waals surface area (Å²) in [5.41, 5.74) is 0. The average Bonchev–Trinajstić information content (AvgIpc) is 2.02. The summed E-state index contributed by atoms with van der Waals surface area (Å²) >= 11 is 2.51. The predicted octanol–water partition coefficient (Wildman–Crippen LogP) is 4.86. The van der Waals surface area contributed by atoms with Gasteiger partial charge in [0.2, 0.25) is 0 Å². The monoisotopic (exact) mass is 342 g/mol. The largest absolute Gasteiger partial charge is 0.417 e. The van der Waals surface area contributed by atoms with Crippen LogP contribution < -0.4 is 0 Å². The van der Waals surface area contributed by atoms with Crippen molar-refractivity contribution < 1.29 is 4.43 Å². The number of alkyl halides is 1. The average molecular weight is 342 g/mol. The maximum atomic E-state index is 6.24. The molecule has 0 aromatic rings. The van der Waals surface area contributed by atoms with E-state index in [-0.39, 0.29) is 0 Å². The van der Waals surface area contributed by atoms with Crippen LogP contribution in [0.4, 0.5) is 0 Å². The Bertz CT molecular complexity index is 185. The Kier molecular flexibility index (Phi) is 6.37. The van der Waals surface area contributed by atoms with Gasteiger partial charge >= 0.3 is 0 Å². The van der Waals surface area contributed by atoms with E-state index in [4.69, 9.17) is 4.43 Å². The molecule has 0 aliphatic heterocycles. The zero-order chi connectivity index (χ0) is 12.3. The fourth-order valence-electron chi connectivity index (χ4n) is 1.11. The van der Waals surface area contributed by atoms with Crippen LogP contribution in [0.3, 0.4) is 0 Å². The molecule has 0 saturated carbocycles. The Labute approximate surface area is 111 Å². The molecule has 3 heteroatoms. The van der Waals surface area contributed by atoms with Gasteiger partial charge in [-0.05, 0) is 24.1 Å². The van der Waals surface area contributed by atoms with E-state index < -0.39 is 8.32 Å². The third-order valence-corrected chi connectivity index (χ3v) is 9.16. The standard InChI is InChI=1S/C12H27IOSi/c1-8-11(10(2)13)9-14-15(6,7)12(3,4)5/h10-11H,8-9H2,1-7H3/t10-,11?/m1/s1. The lowest BCUT2D eigenvalue weighted by Gasteiger charge is -2.37. The van der Waals surface area contributed by atoms with E-state index in [1.54, 1.807) is 0 Å².